The van der Waals surface area contributed by atoms with Gasteiger partial charge in [-0.15, -0.1) is 0 Å². The number of alkyl halides is 3. The van der Waals surface area contributed by atoms with Crippen LogP contribution in [0.3, 0.4) is 0 Å². The Bertz CT molecular complexity index is 1430. The predicted molar refractivity (Wildman–Crippen MR) is 129 cm³/mol. The number of carbonyl (C=O) groups excluding carboxylic acids is 1. The van der Waals surface area contributed by atoms with Gasteiger partial charge in [-0.1, -0.05) is 30.3 Å². The van der Waals surface area contributed by atoms with Crippen LogP contribution in [0.2, 0.25) is 0 Å². The number of benzene rings is 3. The van der Waals surface area contributed by atoms with E-state index in [4.69, 9.17) is 5.26 Å². The third kappa shape index (κ3) is 5.52. The Balaban J connectivity index is 1.59. The smallest absolute Gasteiger partial charge is 0.310 e. The topological polar surface area (TPSA) is 90.3 Å². The molecule has 0 aliphatic carbocycles. The molecule has 3 aromatic carbocycles. The minimum atomic E-state index is -4.68. The van der Waals surface area contributed by atoms with Crippen molar-refractivity contribution in [3.63, 3.8) is 0 Å². The van der Waals surface area contributed by atoms with Gasteiger partial charge in [0.1, 0.15) is 0 Å². The van der Waals surface area contributed by atoms with Gasteiger partial charge in [-0.2, -0.15) is 18.4 Å². The molecule has 0 saturated heterocycles. The van der Waals surface area contributed by atoms with Gasteiger partial charge in [-0.3, -0.25) is 9.52 Å². The SMILES string of the molecule is N#Cc1ccc(CCC(=O)N2CCCc3cccc(NS(=O)(=O)c4cccc(C(F)(F)F)c4)c32)cc1. The molecular weight excluding hydrogens is 491 g/mol. The molecule has 0 saturated carbocycles. The van der Waals surface area contributed by atoms with Crippen molar-refractivity contribution in [2.45, 2.75) is 36.8 Å². The van der Waals surface area contributed by atoms with E-state index in [0.717, 1.165) is 29.3 Å². The Morgan fingerprint density at radius 1 is 1.06 bits per heavy atom. The number of rotatable bonds is 6. The second kappa shape index (κ2) is 10.0. The van der Waals surface area contributed by atoms with Gasteiger partial charge in [0.2, 0.25) is 5.91 Å². The average Bonchev–Trinajstić information content (AvgIpc) is 2.87. The molecule has 6 nitrogen and oxygen atoms in total. The van der Waals surface area contributed by atoms with E-state index in [1.165, 1.54) is 11.0 Å². The van der Waals surface area contributed by atoms with E-state index in [1.54, 1.807) is 36.4 Å². The lowest BCUT2D eigenvalue weighted by atomic mass is 9.99. The van der Waals surface area contributed by atoms with Crippen molar-refractivity contribution in [3.05, 3.63) is 89.0 Å². The first-order chi connectivity index (χ1) is 17.1. The molecular formula is C26H22F3N3O3S. The molecule has 4 rings (SSSR count). The van der Waals surface area contributed by atoms with Crippen molar-refractivity contribution in [3.8, 4) is 6.07 Å². The van der Waals surface area contributed by atoms with Crippen LogP contribution in [0.5, 0.6) is 0 Å². The number of aryl methyl sites for hydroxylation is 2. The van der Waals surface area contributed by atoms with E-state index in [9.17, 15) is 26.4 Å². The van der Waals surface area contributed by atoms with Gasteiger partial charge in [0.15, 0.2) is 0 Å². The van der Waals surface area contributed by atoms with Crippen molar-refractivity contribution in [2.75, 3.05) is 16.2 Å². The average molecular weight is 514 g/mol. The van der Waals surface area contributed by atoms with Crippen molar-refractivity contribution < 1.29 is 26.4 Å². The first-order valence-electron chi connectivity index (χ1n) is 11.2. The quantitative estimate of drug-likeness (QED) is 0.485. The van der Waals surface area contributed by atoms with Crippen LogP contribution in [0.25, 0.3) is 0 Å². The molecule has 36 heavy (non-hydrogen) atoms. The first kappa shape index (κ1) is 25.3. The van der Waals surface area contributed by atoms with Gasteiger partial charge in [-0.25, -0.2) is 8.42 Å². The summed E-state index contributed by atoms with van der Waals surface area (Å²) < 4.78 is 67.7. The molecule has 1 amide bonds. The molecule has 3 aromatic rings. The van der Waals surface area contributed by atoms with E-state index in [1.807, 2.05) is 6.07 Å². The Morgan fingerprint density at radius 2 is 1.78 bits per heavy atom. The molecule has 0 radical (unpaired) electrons. The van der Waals surface area contributed by atoms with Gasteiger partial charge in [-0.05, 0) is 66.8 Å². The summed E-state index contributed by atoms with van der Waals surface area (Å²) in [6.07, 6.45) is -2.75. The minimum absolute atomic E-state index is 0.135. The van der Waals surface area contributed by atoms with E-state index >= 15 is 0 Å². The predicted octanol–water partition coefficient (Wildman–Crippen LogP) is 5.29. The molecule has 1 heterocycles. The highest BCUT2D eigenvalue weighted by Crippen LogP contribution is 2.37. The maximum atomic E-state index is 13.2. The zero-order valence-corrected chi connectivity index (χ0v) is 19.9. The molecule has 1 aliphatic heterocycles. The largest absolute Gasteiger partial charge is 0.416 e. The highest BCUT2D eigenvalue weighted by molar-refractivity contribution is 7.92. The van der Waals surface area contributed by atoms with Crippen LogP contribution in [0, 0.1) is 11.3 Å². The van der Waals surface area contributed by atoms with Gasteiger partial charge in [0.25, 0.3) is 10.0 Å². The number of sulfonamides is 1. The fourth-order valence-corrected chi connectivity index (χ4v) is 5.27. The van der Waals surface area contributed by atoms with Gasteiger partial charge < -0.3 is 4.90 Å². The summed E-state index contributed by atoms with van der Waals surface area (Å²) in [5.41, 5.74) is 1.67. The van der Waals surface area contributed by atoms with Crippen molar-refractivity contribution in [2.24, 2.45) is 0 Å². The Hall–Kier alpha value is -3.84. The zero-order valence-electron chi connectivity index (χ0n) is 19.0. The highest BCUT2D eigenvalue weighted by atomic mass is 32.2. The molecule has 0 spiro atoms. The van der Waals surface area contributed by atoms with Crippen LogP contribution < -0.4 is 9.62 Å². The maximum Gasteiger partial charge on any atom is 0.416 e. The van der Waals surface area contributed by atoms with E-state index in [2.05, 4.69) is 4.72 Å². The molecule has 1 aliphatic rings. The number of nitrogens with one attached hydrogen (secondary N) is 1. The van der Waals surface area contributed by atoms with E-state index in [0.29, 0.717) is 43.1 Å². The number of hydrogen-bond acceptors (Lipinski definition) is 4. The lowest BCUT2D eigenvalue weighted by molar-refractivity contribution is -0.137. The van der Waals surface area contributed by atoms with Crippen molar-refractivity contribution >= 4 is 27.3 Å². The fraction of sp³-hybridized carbons (Fsp3) is 0.231. The number of nitrogens with zero attached hydrogens (tertiary/aromatic N) is 2. The number of halogens is 3. The summed E-state index contributed by atoms with van der Waals surface area (Å²) in [6, 6.07) is 17.4. The summed E-state index contributed by atoms with van der Waals surface area (Å²) >= 11 is 0. The molecule has 0 bridgehead atoms. The third-order valence-electron chi connectivity index (χ3n) is 5.94. The van der Waals surface area contributed by atoms with Crippen LogP contribution >= 0.6 is 0 Å². The highest BCUT2D eigenvalue weighted by Gasteiger charge is 2.32. The molecule has 0 fully saturated rings. The second-order valence-electron chi connectivity index (χ2n) is 8.40. The van der Waals surface area contributed by atoms with Crippen LogP contribution in [-0.4, -0.2) is 20.9 Å². The van der Waals surface area contributed by atoms with Crippen LogP contribution in [0.15, 0.2) is 71.6 Å². The Kier molecular flexibility index (Phi) is 7.04. The zero-order chi connectivity index (χ0) is 25.9. The normalized spacial score (nSPS) is 13.6. The molecule has 186 valence electrons. The number of carbonyl (C=O) groups is 1. The molecule has 0 aromatic heterocycles. The summed E-state index contributed by atoms with van der Waals surface area (Å²) in [5, 5.41) is 8.93. The molecule has 1 N–H and O–H groups in total. The second-order valence-corrected chi connectivity index (χ2v) is 10.1. The Labute approximate surface area is 207 Å². The van der Waals surface area contributed by atoms with Crippen molar-refractivity contribution in [1.29, 1.82) is 5.26 Å². The number of amides is 1. The molecule has 0 unspecified atom stereocenters. The van der Waals surface area contributed by atoms with Crippen molar-refractivity contribution in [1.82, 2.24) is 0 Å². The standard InChI is InChI=1S/C26H22F3N3O3S/c27-26(28,29)21-6-2-7-22(16-21)36(34,35)31-23-8-1-4-20-5-3-15-32(25(20)23)24(33)14-13-18-9-11-19(17-30)12-10-18/h1-2,4,6-12,16,31H,3,5,13-15H2. The monoisotopic (exact) mass is 513 g/mol. The number of hydrogen-bond donors (Lipinski definition) is 1. The summed E-state index contributed by atoms with van der Waals surface area (Å²) in [7, 11) is -4.35. The molecule has 10 heteroatoms. The molecule has 0 atom stereocenters. The van der Waals surface area contributed by atoms with Gasteiger partial charge in [0.05, 0.1) is 33.5 Å². The fourth-order valence-electron chi connectivity index (χ4n) is 4.16. The van der Waals surface area contributed by atoms with Crippen LogP contribution in [0.1, 0.15) is 35.1 Å². The van der Waals surface area contributed by atoms with Gasteiger partial charge in [0, 0.05) is 13.0 Å². The van der Waals surface area contributed by atoms with Crippen LogP contribution in [0.4, 0.5) is 24.5 Å². The number of para-hydroxylation sites is 1. The summed E-state index contributed by atoms with van der Waals surface area (Å²) in [5.74, 6) is -0.203. The van der Waals surface area contributed by atoms with E-state index in [-0.39, 0.29) is 18.0 Å². The first-order valence-corrected chi connectivity index (χ1v) is 12.7. The number of nitriles is 1. The minimum Gasteiger partial charge on any atom is -0.310 e. The van der Waals surface area contributed by atoms with E-state index < -0.39 is 26.7 Å². The Morgan fingerprint density at radius 3 is 2.47 bits per heavy atom. The number of fused-ring (bicyclic) bond motifs is 1. The summed E-state index contributed by atoms with van der Waals surface area (Å²) in [4.78, 5) is 14.2. The third-order valence-corrected chi connectivity index (χ3v) is 7.31. The summed E-state index contributed by atoms with van der Waals surface area (Å²) in [6.45, 7) is 0.390. The number of anilines is 2. The lowest BCUT2D eigenvalue weighted by Gasteiger charge is -2.32. The van der Waals surface area contributed by atoms with Gasteiger partial charge >= 0.3 is 6.18 Å². The maximum absolute atomic E-state index is 13.2. The lowest BCUT2D eigenvalue weighted by Crippen LogP contribution is -2.36. The van der Waals surface area contributed by atoms with Crippen LogP contribution in [-0.2, 0) is 33.8 Å².